The van der Waals surface area contributed by atoms with E-state index in [9.17, 15) is 14.7 Å². The van der Waals surface area contributed by atoms with Crippen LogP contribution >= 0.6 is 0 Å². The van der Waals surface area contributed by atoms with Gasteiger partial charge in [0.05, 0.1) is 16.8 Å². The van der Waals surface area contributed by atoms with Crippen molar-refractivity contribution in [2.45, 2.75) is 0 Å². The zero-order valence-electron chi connectivity index (χ0n) is 13.0. The van der Waals surface area contributed by atoms with Gasteiger partial charge >= 0.3 is 5.97 Å². The lowest BCUT2D eigenvalue weighted by Gasteiger charge is -2.09. The molecule has 0 fully saturated rings. The van der Waals surface area contributed by atoms with E-state index in [1.807, 2.05) is 42.5 Å². The van der Waals surface area contributed by atoms with Crippen molar-refractivity contribution in [2.24, 2.45) is 0 Å². The number of rotatable bonds is 3. The van der Waals surface area contributed by atoms with Gasteiger partial charge in [0.1, 0.15) is 0 Å². The van der Waals surface area contributed by atoms with Gasteiger partial charge in [0, 0.05) is 5.39 Å². The van der Waals surface area contributed by atoms with E-state index in [-0.39, 0.29) is 16.9 Å². The van der Waals surface area contributed by atoms with Crippen LogP contribution < -0.4 is 5.32 Å². The van der Waals surface area contributed by atoms with Crippen LogP contribution in [-0.4, -0.2) is 27.2 Å². The number of carboxylic acid groups (broad SMARTS) is 1. The Morgan fingerprint density at radius 3 is 2.40 bits per heavy atom. The molecule has 4 aromatic rings. The standard InChI is InChI=1S/C19H13N3O3/c23-18(17-13-7-3-4-8-15(13)21-22-17)20-16-10-12-6-2-1-5-11(12)9-14(16)19(24)25/h1-10H,(H,20,23)(H,21,22)(H,24,25). The number of benzene rings is 3. The second kappa shape index (κ2) is 5.76. The number of H-pyrrole nitrogens is 1. The maximum atomic E-state index is 12.6. The molecule has 0 bridgehead atoms. The number of amides is 1. The minimum absolute atomic E-state index is 0.0342. The van der Waals surface area contributed by atoms with Crippen LogP contribution in [0.15, 0.2) is 60.7 Å². The number of nitrogens with one attached hydrogen (secondary N) is 2. The highest BCUT2D eigenvalue weighted by Crippen LogP contribution is 2.25. The fraction of sp³-hybridized carbons (Fsp3) is 0. The lowest BCUT2D eigenvalue weighted by Crippen LogP contribution is -2.15. The Hall–Kier alpha value is -3.67. The molecule has 6 heteroatoms. The van der Waals surface area contributed by atoms with Gasteiger partial charge in [-0.1, -0.05) is 42.5 Å². The van der Waals surface area contributed by atoms with Gasteiger partial charge in [-0.2, -0.15) is 5.10 Å². The van der Waals surface area contributed by atoms with E-state index < -0.39 is 11.9 Å². The smallest absolute Gasteiger partial charge is 0.337 e. The van der Waals surface area contributed by atoms with Crippen molar-refractivity contribution in [2.75, 3.05) is 5.32 Å². The third kappa shape index (κ3) is 2.59. The van der Waals surface area contributed by atoms with Gasteiger partial charge in [0.2, 0.25) is 0 Å². The number of fused-ring (bicyclic) bond motifs is 2. The lowest BCUT2D eigenvalue weighted by molar-refractivity contribution is 0.0698. The Balaban J connectivity index is 1.78. The maximum absolute atomic E-state index is 12.6. The average Bonchev–Trinajstić information content (AvgIpc) is 3.05. The number of aromatic amines is 1. The summed E-state index contributed by atoms with van der Waals surface area (Å²) in [5.41, 5.74) is 1.24. The molecule has 3 N–H and O–H groups in total. The minimum atomic E-state index is -1.10. The van der Waals surface area contributed by atoms with E-state index in [0.29, 0.717) is 5.39 Å². The molecule has 0 saturated carbocycles. The number of aromatic nitrogens is 2. The summed E-state index contributed by atoms with van der Waals surface area (Å²) in [6.45, 7) is 0. The second-order valence-electron chi connectivity index (χ2n) is 5.62. The van der Waals surface area contributed by atoms with Crippen LogP contribution in [-0.2, 0) is 0 Å². The van der Waals surface area contributed by atoms with Crippen molar-refractivity contribution in [1.82, 2.24) is 10.2 Å². The summed E-state index contributed by atoms with van der Waals surface area (Å²) in [6.07, 6.45) is 0. The molecule has 1 aromatic heterocycles. The molecule has 4 rings (SSSR count). The molecule has 25 heavy (non-hydrogen) atoms. The highest BCUT2D eigenvalue weighted by atomic mass is 16.4. The molecule has 0 spiro atoms. The Kier molecular flexibility index (Phi) is 3.43. The van der Waals surface area contributed by atoms with Gasteiger partial charge in [0.25, 0.3) is 5.91 Å². The highest BCUT2D eigenvalue weighted by molar-refractivity contribution is 6.14. The van der Waals surface area contributed by atoms with E-state index >= 15 is 0 Å². The van der Waals surface area contributed by atoms with E-state index in [2.05, 4.69) is 15.5 Å². The molecule has 0 aliphatic rings. The topological polar surface area (TPSA) is 95.1 Å². The molecular formula is C19H13N3O3. The van der Waals surface area contributed by atoms with Crippen LogP contribution in [0.4, 0.5) is 5.69 Å². The first-order chi connectivity index (χ1) is 12.1. The maximum Gasteiger partial charge on any atom is 0.337 e. The van der Waals surface area contributed by atoms with Crippen LogP contribution in [0.25, 0.3) is 21.7 Å². The van der Waals surface area contributed by atoms with E-state index in [1.54, 1.807) is 18.2 Å². The molecule has 0 aliphatic heterocycles. The molecule has 122 valence electrons. The molecule has 3 aromatic carbocycles. The summed E-state index contributed by atoms with van der Waals surface area (Å²) < 4.78 is 0. The zero-order valence-corrected chi connectivity index (χ0v) is 13.0. The van der Waals surface area contributed by atoms with E-state index in [1.165, 1.54) is 0 Å². The van der Waals surface area contributed by atoms with E-state index in [4.69, 9.17) is 0 Å². The Labute approximate surface area is 142 Å². The van der Waals surface area contributed by atoms with Crippen molar-refractivity contribution in [1.29, 1.82) is 0 Å². The molecular weight excluding hydrogens is 318 g/mol. The number of anilines is 1. The molecule has 0 saturated heterocycles. The third-order valence-corrected chi connectivity index (χ3v) is 4.05. The zero-order chi connectivity index (χ0) is 17.4. The van der Waals surface area contributed by atoms with Gasteiger partial charge in [-0.3, -0.25) is 9.89 Å². The van der Waals surface area contributed by atoms with Crippen molar-refractivity contribution >= 4 is 39.2 Å². The number of para-hydroxylation sites is 1. The summed E-state index contributed by atoms with van der Waals surface area (Å²) in [7, 11) is 0. The monoisotopic (exact) mass is 331 g/mol. The Morgan fingerprint density at radius 2 is 1.64 bits per heavy atom. The van der Waals surface area contributed by atoms with Crippen molar-refractivity contribution in [3.8, 4) is 0 Å². The number of carboxylic acids is 1. The normalized spacial score (nSPS) is 10.9. The van der Waals surface area contributed by atoms with Crippen molar-refractivity contribution in [3.05, 3.63) is 71.9 Å². The number of nitrogens with zero attached hydrogens (tertiary/aromatic N) is 1. The van der Waals surface area contributed by atoms with Gasteiger partial charge in [0.15, 0.2) is 5.69 Å². The third-order valence-electron chi connectivity index (χ3n) is 4.05. The first kappa shape index (κ1) is 14.9. The van der Waals surface area contributed by atoms with E-state index in [0.717, 1.165) is 16.3 Å². The SMILES string of the molecule is O=C(O)c1cc2ccccc2cc1NC(=O)c1n[nH]c2ccccc12. The summed E-state index contributed by atoms with van der Waals surface area (Å²) in [5, 5.41) is 21.3. The van der Waals surface area contributed by atoms with Crippen LogP contribution in [0, 0.1) is 0 Å². The summed E-state index contributed by atoms with van der Waals surface area (Å²) in [5.74, 6) is -1.57. The van der Waals surface area contributed by atoms with Gasteiger partial charge in [-0.05, 0) is 29.0 Å². The van der Waals surface area contributed by atoms with Crippen LogP contribution in [0.3, 0.4) is 0 Å². The fourth-order valence-corrected chi connectivity index (χ4v) is 2.84. The molecule has 1 heterocycles. The minimum Gasteiger partial charge on any atom is -0.478 e. The molecule has 0 atom stereocenters. The molecule has 1 amide bonds. The molecule has 0 unspecified atom stereocenters. The van der Waals surface area contributed by atoms with Crippen molar-refractivity contribution in [3.63, 3.8) is 0 Å². The number of hydrogen-bond acceptors (Lipinski definition) is 3. The van der Waals surface area contributed by atoms with Crippen LogP contribution in [0.1, 0.15) is 20.8 Å². The number of hydrogen-bond donors (Lipinski definition) is 3. The largest absolute Gasteiger partial charge is 0.478 e. The first-order valence-corrected chi connectivity index (χ1v) is 7.64. The summed E-state index contributed by atoms with van der Waals surface area (Å²) in [6, 6.07) is 17.8. The predicted octanol–water partition coefficient (Wildman–Crippen LogP) is 3.67. The fourth-order valence-electron chi connectivity index (χ4n) is 2.84. The average molecular weight is 331 g/mol. The predicted molar refractivity (Wildman–Crippen MR) is 95.0 cm³/mol. The van der Waals surface area contributed by atoms with Crippen LogP contribution in [0.5, 0.6) is 0 Å². The molecule has 0 aliphatic carbocycles. The second-order valence-corrected chi connectivity index (χ2v) is 5.62. The van der Waals surface area contributed by atoms with Crippen LogP contribution in [0.2, 0.25) is 0 Å². The highest BCUT2D eigenvalue weighted by Gasteiger charge is 2.18. The van der Waals surface area contributed by atoms with Gasteiger partial charge in [-0.25, -0.2) is 4.79 Å². The molecule has 0 radical (unpaired) electrons. The van der Waals surface area contributed by atoms with Crippen molar-refractivity contribution < 1.29 is 14.7 Å². The summed E-state index contributed by atoms with van der Waals surface area (Å²) >= 11 is 0. The summed E-state index contributed by atoms with van der Waals surface area (Å²) in [4.78, 5) is 24.2. The number of carbonyl (C=O) groups excluding carboxylic acids is 1. The molecule has 6 nitrogen and oxygen atoms in total. The lowest BCUT2D eigenvalue weighted by atomic mass is 10.0. The number of carbonyl (C=O) groups is 2. The Bertz CT molecular complexity index is 1130. The quantitative estimate of drug-likeness (QED) is 0.534. The van der Waals surface area contributed by atoms with Gasteiger partial charge < -0.3 is 10.4 Å². The first-order valence-electron chi connectivity index (χ1n) is 7.64. The van der Waals surface area contributed by atoms with Gasteiger partial charge in [-0.15, -0.1) is 0 Å². The Morgan fingerprint density at radius 1 is 0.960 bits per heavy atom. The number of aromatic carboxylic acids is 1.